The molecule has 1 aliphatic rings. The van der Waals surface area contributed by atoms with E-state index in [1.807, 2.05) is 19.1 Å². The van der Waals surface area contributed by atoms with Gasteiger partial charge in [-0.25, -0.2) is 0 Å². The summed E-state index contributed by atoms with van der Waals surface area (Å²) < 4.78 is 0. The van der Waals surface area contributed by atoms with Crippen molar-refractivity contribution >= 4 is 5.69 Å². The molecule has 2 heteroatoms. The number of benzene rings is 1. The molecule has 0 amide bonds. The Bertz CT molecular complexity index is 487. The fourth-order valence-corrected chi connectivity index (χ4v) is 1.97. The van der Waals surface area contributed by atoms with E-state index in [1.54, 1.807) is 0 Å². The van der Waals surface area contributed by atoms with Crippen LogP contribution in [-0.2, 0) is 0 Å². The second-order valence-electron chi connectivity index (χ2n) is 4.66. The summed E-state index contributed by atoms with van der Waals surface area (Å²) in [5, 5.41) is 9.15. The molecule has 2 nitrogen and oxygen atoms in total. The number of nitrogens with zero attached hydrogens (tertiary/aromatic N) is 2. The second-order valence-corrected chi connectivity index (χ2v) is 4.66. The minimum Gasteiger partial charge on any atom is -0.359 e. The van der Waals surface area contributed by atoms with Gasteiger partial charge in [-0.15, -0.1) is 6.42 Å². The van der Waals surface area contributed by atoms with E-state index in [9.17, 15) is 0 Å². The van der Waals surface area contributed by atoms with Crippen LogP contribution in [0.25, 0.3) is 0 Å². The molecular weight excluding hydrogens is 208 g/mol. The Morgan fingerprint density at radius 2 is 2.24 bits per heavy atom. The van der Waals surface area contributed by atoms with Gasteiger partial charge in [-0.05, 0) is 43.4 Å². The smallest absolute Gasteiger partial charge is 0.101 e. The topological polar surface area (TPSA) is 27.0 Å². The first-order valence-electron chi connectivity index (χ1n) is 5.93. The standard InChI is InChI=1S/C15H16N2/c1-3-8-17(11-13-5-6-13)15-9-12(2)4-7-14(15)10-16/h1,4,7,9,13H,5-6,8,11H2,2H3. The summed E-state index contributed by atoms with van der Waals surface area (Å²) in [4.78, 5) is 2.16. The molecule has 17 heavy (non-hydrogen) atoms. The number of nitriles is 1. The molecule has 0 bridgehead atoms. The minimum atomic E-state index is 0.578. The van der Waals surface area contributed by atoms with Gasteiger partial charge in [0.05, 0.1) is 17.8 Å². The summed E-state index contributed by atoms with van der Waals surface area (Å²) in [6.07, 6.45) is 7.99. The third-order valence-corrected chi connectivity index (χ3v) is 3.07. The number of terminal acetylenes is 1. The Hall–Kier alpha value is -1.93. The van der Waals surface area contributed by atoms with Crippen LogP contribution in [0.3, 0.4) is 0 Å². The van der Waals surface area contributed by atoms with E-state index in [2.05, 4.69) is 23.0 Å². The lowest BCUT2D eigenvalue weighted by atomic mass is 10.1. The molecule has 1 aromatic rings. The van der Waals surface area contributed by atoms with E-state index in [4.69, 9.17) is 11.7 Å². The fourth-order valence-electron chi connectivity index (χ4n) is 1.97. The number of hydrogen-bond acceptors (Lipinski definition) is 2. The average molecular weight is 224 g/mol. The van der Waals surface area contributed by atoms with Gasteiger partial charge in [-0.1, -0.05) is 12.0 Å². The van der Waals surface area contributed by atoms with Gasteiger partial charge in [-0.3, -0.25) is 0 Å². The quantitative estimate of drug-likeness (QED) is 0.735. The highest BCUT2D eigenvalue weighted by atomic mass is 15.1. The molecule has 1 aromatic carbocycles. The Morgan fingerprint density at radius 3 is 2.82 bits per heavy atom. The normalized spacial score (nSPS) is 13.8. The lowest BCUT2D eigenvalue weighted by Crippen LogP contribution is -2.26. The van der Waals surface area contributed by atoms with E-state index >= 15 is 0 Å². The largest absolute Gasteiger partial charge is 0.359 e. The van der Waals surface area contributed by atoms with Gasteiger partial charge in [0.1, 0.15) is 6.07 Å². The van der Waals surface area contributed by atoms with E-state index < -0.39 is 0 Å². The van der Waals surface area contributed by atoms with Gasteiger partial charge < -0.3 is 4.90 Å². The molecule has 0 N–H and O–H groups in total. The van der Waals surface area contributed by atoms with Gasteiger partial charge >= 0.3 is 0 Å². The molecule has 0 saturated heterocycles. The van der Waals surface area contributed by atoms with Crippen LogP contribution in [0.5, 0.6) is 0 Å². The van der Waals surface area contributed by atoms with Crippen molar-refractivity contribution in [2.45, 2.75) is 19.8 Å². The highest BCUT2D eigenvalue weighted by molar-refractivity contribution is 5.61. The third kappa shape index (κ3) is 2.80. The average Bonchev–Trinajstić information content (AvgIpc) is 3.12. The van der Waals surface area contributed by atoms with Crippen LogP contribution in [0.2, 0.25) is 0 Å². The summed E-state index contributed by atoms with van der Waals surface area (Å²) in [6.45, 7) is 3.59. The van der Waals surface area contributed by atoms with Gasteiger partial charge in [0, 0.05) is 6.54 Å². The summed E-state index contributed by atoms with van der Waals surface area (Å²) in [5.74, 6) is 3.45. The molecule has 0 atom stereocenters. The predicted molar refractivity (Wildman–Crippen MR) is 69.7 cm³/mol. The van der Waals surface area contributed by atoms with Crippen molar-refractivity contribution in [3.05, 3.63) is 29.3 Å². The SMILES string of the molecule is C#CCN(CC1CC1)c1cc(C)ccc1C#N. The molecule has 0 heterocycles. The van der Waals surface area contributed by atoms with E-state index in [-0.39, 0.29) is 0 Å². The molecule has 0 aromatic heterocycles. The van der Waals surface area contributed by atoms with Crippen LogP contribution in [0, 0.1) is 36.5 Å². The van der Waals surface area contributed by atoms with Gasteiger partial charge in [-0.2, -0.15) is 5.26 Å². The molecule has 0 spiro atoms. The third-order valence-electron chi connectivity index (χ3n) is 3.07. The maximum absolute atomic E-state index is 9.15. The van der Waals surface area contributed by atoms with Crippen LogP contribution in [-0.4, -0.2) is 13.1 Å². The van der Waals surface area contributed by atoms with Crippen molar-refractivity contribution in [2.75, 3.05) is 18.0 Å². The van der Waals surface area contributed by atoms with Crippen molar-refractivity contribution in [3.8, 4) is 18.4 Å². The molecule has 1 fully saturated rings. The maximum atomic E-state index is 9.15. The lowest BCUT2D eigenvalue weighted by molar-refractivity contribution is 0.764. The summed E-state index contributed by atoms with van der Waals surface area (Å²) in [7, 11) is 0. The first-order valence-corrected chi connectivity index (χ1v) is 5.93. The van der Waals surface area contributed by atoms with Gasteiger partial charge in [0.2, 0.25) is 0 Å². The molecule has 2 rings (SSSR count). The Morgan fingerprint density at radius 1 is 1.47 bits per heavy atom. The minimum absolute atomic E-state index is 0.578. The van der Waals surface area contributed by atoms with Gasteiger partial charge in [0.15, 0.2) is 0 Å². The summed E-state index contributed by atoms with van der Waals surface area (Å²) in [5.41, 5.74) is 2.86. The van der Waals surface area contributed by atoms with E-state index in [1.165, 1.54) is 12.8 Å². The summed E-state index contributed by atoms with van der Waals surface area (Å²) in [6, 6.07) is 8.14. The second kappa shape index (κ2) is 4.93. The molecule has 1 aliphatic carbocycles. The monoisotopic (exact) mass is 224 g/mol. The Labute approximate surface area is 103 Å². The zero-order chi connectivity index (χ0) is 12.3. The Kier molecular flexibility index (Phi) is 3.35. The fraction of sp³-hybridized carbons (Fsp3) is 0.400. The first-order chi connectivity index (χ1) is 8.24. The number of anilines is 1. The van der Waals surface area contributed by atoms with Crippen LogP contribution < -0.4 is 4.90 Å². The Balaban J connectivity index is 2.30. The van der Waals surface area contributed by atoms with Gasteiger partial charge in [0.25, 0.3) is 0 Å². The van der Waals surface area contributed by atoms with Crippen molar-refractivity contribution in [3.63, 3.8) is 0 Å². The van der Waals surface area contributed by atoms with Crippen LogP contribution in [0.1, 0.15) is 24.0 Å². The highest BCUT2D eigenvalue weighted by Gasteiger charge is 2.25. The molecule has 1 saturated carbocycles. The molecular formula is C15H16N2. The molecule has 0 unspecified atom stereocenters. The highest BCUT2D eigenvalue weighted by Crippen LogP contribution is 2.32. The van der Waals surface area contributed by atoms with Crippen LogP contribution >= 0.6 is 0 Å². The predicted octanol–water partition coefficient (Wildman–Crippen LogP) is 2.72. The zero-order valence-corrected chi connectivity index (χ0v) is 10.1. The van der Waals surface area contributed by atoms with Crippen molar-refractivity contribution in [2.24, 2.45) is 5.92 Å². The zero-order valence-electron chi connectivity index (χ0n) is 10.1. The molecule has 0 aliphatic heterocycles. The van der Waals surface area contributed by atoms with Crippen LogP contribution in [0.15, 0.2) is 18.2 Å². The molecule has 0 radical (unpaired) electrons. The number of hydrogen-bond donors (Lipinski definition) is 0. The number of rotatable bonds is 4. The van der Waals surface area contributed by atoms with Crippen LogP contribution in [0.4, 0.5) is 5.69 Å². The van der Waals surface area contributed by atoms with E-state index in [0.717, 1.165) is 23.7 Å². The first kappa shape index (κ1) is 11.6. The molecule has 86 valence electrons. The maximum Gasteiger partial charge on any atom is 0.101 e. The van der Waals surface area contributed by atoms with Crippen molar-refractivity contribution in [1.29, 1.82) is 5.26 Å². The summed E-state index contributed by atoms with van der Waals surface area (Å²) >= 11 is 0. The van der Waals surface area contributed by atoms with E-state index in [0.29, 0.717) is 12.1 Å². The lowest BCUT2D eigenvalue weighted by Gasteiger charge is -2.23. The number of aryl methyl sites for hydroxylation is 1. The van der Waals surface area contributed by atoms with Crippen molar-refractivity contribution in [1.82, 2.24) is 0 Å². The van der Waals surface area contributed by atoms with Crippen molar-refractivity contribution < 1.29 is 0 Å².